The van der Waals surface area contributed by atoms with Gasteiger partial charge in [0.2, 0.25) is 11.8 Å². The fourth-order valence-corrected chi connectivity index (χ4v) is 2.84. The summed E-state index contributed by atoms with van der Waals surface area (Å²) in [4.78, 5) is 49.1. The van der Waals surface area contributed by atoms with Crippen molar-refractivity contribution in [3.8, 4) is 0 Å². The number of nitrogens with one attached hydrogen (secondary N) is 2. The van der Waals surface area contributed by atoms with Crippen molar-refractivity contribution in [1.29, 1.82) is 0 Å². The number of carbonyl (C=O) groups is 4. The zero-order valence-corrected chi connectivity index (χ0v) is 18.3. The van der Waals surface area contributed by atoms with Crippen LogP contribution in [0, 0.1) is 0 Å². The Balaban J connectivity index is 2.93. The van der Waals surface area contributed by atoms with Gasteiger partial charge >= 0.3 is 11.9 Å². The molecule has 0 aliphatic carbocycles. The summed E-state index contributed by atoms with van der Waals surface area (Å²) >= 11 is 0. The molecule has 0 fully saturated rings. The quantitative estimate of drug-likeness (QED) is 0.391. The number of benzene rings is 1. The van der Waals surface area contributed by atoms with Crippen LogP contribution >= 0.6 is 0 Å². The Bertz CT molecular complexity index is 722. The molecule has 9 nitrogen and oxygen atoms in total. The van der Waals surface area contributed by atoms with Crippen molar-refractivity contribution >= 4 is 23.8 Å². The van der Waals surface area contributed by atoms with Crippen LogP contribution in [0.15, 0.2) is 30.3 Å². The summed E-state index contributed by atoms with van der Waals surface area (Å²) in [5.74, 6) is -2.25. The van der Waals surface area contributed by atoms with Gasteiger partial charge in [0.25, 0.3) is 0 Å². The second-order valence-electron chi connectivity index (χ2n) is 7.02. The van der Waals surface area contributed by atoms with Crippen LogP contribution in [-0.4, -0.2) is 60.3 Å². The number of amides is 2. The molecule has 0 radical (unpaired) electrons. The lowest BCUT2D eigenvalue weighted by atomic mass is 10.0. The van der Waals surface area contributed by atoms with Gasteiger partial charge in [-0.3, -0.25) is 14.4 Å². The maximum Gasteiger partial charge on any atom is 0.328 e. The highest BCUT2D eigenvalue weighted by atomic mass is 16.5. The fraction of sp³-hybridized carbons (Fsp3) is 0.545. The van der Waals surface area contributed by atoms with Gasteiger partial charge in [0.15, 0.2) is 0 Å². The second kappa shape index (κ2) is 14.1. The fourth-order valence-electron chi connectivity index (χ4n) is 2.84. The first-order valence-electron chi connectivity index (χ1n) is 10.4. The molecule has 0 saturated heterocycles. The molecule has 0 aromatic heterocycles. The molecule has 3 N–H and O–H groups in total. The Morgan fingerprint density at radius 3 is 2.19 bits per heavy atom. The lowest BCUT2D eigenvalue weighted by molar-refractivity contribution is -0.149. The summed E-state index contributed by atoms with van der Waals surface area (Å²) in [6, 6.07) is 7.02. The summed E-state index contributed by atoms with van der Waals surface area (Å²) in [5.41, 5.74) is 0.805. The minimum Gasteiger partial charge on any atom is -0.466 e. The van der Waals surface area contributed by atoms with Crippen LogP contribution in [0.3, 0.4) is 0 Å². The number of aliphatic hydroxyl groups is 1. The second-order valence-corrected chi connectivity index (χ2v) is 7.02. The predicted molar refractivity (Wildman–Crippen MR) is 113 cm³/mol. The number of hydrogen-bond acceptors (Lipinski definition) is 7. The van der Waals surface area contributed by atoms with Crippen LogP contribution in [0.25, 0.3) is 0 Å². The molecule has 0 aliphatic rings. The maximum atomic E-state index is 12.9. The molecule has 31 heavy (non-hydrogen) atoms. The van der Waals surface area contributed by atoms with E-state index >= 15 is 0 Å². The molecule has 1 aromatic carbocycles. The van der Waals surface area contributed by atoms with Gasteiger partial charge in [-0.25, -0.2) is 4.79 Å². The molecule has 3 atom stereocenters. The summed E-state index contributed by atoms with van der Waals surface area (Å²) in [7, 11) is 0. The van der Waals surface area contributed by atoms with E-state index in [4.69, 9.17) is 9.47 Å². The monoisotopic (exact) mass is 436 g/mol. The lowest BCUT2D eigenvalue weighted by Crippen LogP contribution is -2.53. The molecular weight excluding hydrogens is 404 g/mol. The van der Waals surface area contributed by atoms with E-state index < -0.39 is 41.9 Å². The van der Waals surface area contributed by atoms with Crippen molar-refractivity contribution in [3.63, 3.8) is 0 Å². The van der Waals surface area contributed by atoms with Crippen LogP contribution in [0.2, 0.25) is 0 Å². The zero-order chi connectivity index (χ0) is 23.2. The number of hydrogen-bond donors (Lipinski definition) is 3. The van der Waals surface area contributed by atoms with E-state index in [1.807, 2.05) is 30.3 Å². The van der Waals surface area contributed by atoms with Crippen LogP contribution in [0.4, 0.5) is 0 Å². The van der Waals surface area contributed by atoms with Gasteiger partial charge in [0.1, 0.15) is 12.1 Å². The smallest absolute Gasteiger partial charge is 0.328 e. The van der Waals surface area contributed by atoms with E-state index in [-0.39, 0.29) is 38.9 Å². The third-order valence-electron chi connectivity index (χ3n) is 4.25. The molecule has 0 aliphatic heterocycles. The Kier molecular flexibility index (Phi) is 11.9. The maximum absolute atomic E-state index is 12.9. The Morgan fingerprint density at radius 1 is 0.968 bits per heavy atom. The van der Waals surface area contributed by atoms with Crippen molar-refractivity contribution < 1.29 is 33.8 Å². The van der Waals surface area contributed by atoms with Crippen LogP contribution in [-0.2, 0) is 35.1 Å². The largest absolute Gasteiger partial charge is 0.466 e. The summed E-state index contributed by atoms with van der Waals surface area (Å²) in [5, 5.41) is 14.6. The van der Waals surface area contributed by atoms with Gasteiger partial charge in [-0.05, 0) is 32.8 Å². The average Bonchev–Trinajstić information content (AvgIpc) is 2.71. The summed E-state index contributed by atoms with van der Waals surface area (Å²) in [6.45, 7) is 5.11. The average molecular weight is 437 g/mol. The van der Waals surface area contributed by atoms with Gasteiger partial charge in [0, 0.05) is 12.8 Å². The van der Waals surface area contributed by atoms with Crippen molar-refractivity contribution in [2.45, 2.75) is 64.6 Å². The normalized spacial score (nSPS) is 13.4. The van der Waals surface area contributed by atoms with Gasteiger partial charge < -0.3 is 25.2 Å². The molecular formula is C22H32N2O7. The lowest BCUT2D eigenvalue weighted by Gasteiger charge is -2.23. The third-order valence-corrected chi connectivity index (χ3v) is 4.25. The Labute approximate surface area is 182 Å². The number of rotatable bonds is 13. The highest BCUT2D eigenvalue weighted by molar-refractivity contribution is 5.91. The minimum atomic E-state index is -1.07. The van der Waals surface area contributed by atoms with Crippen molar-refractivity contribution in [2.24, 2.45) is 0 Å². The van der Waals surface area contributed by atoms with E-state index in [1.165, 1.54) is 6.92 Å². The summed E-state index contributed by atoms with van der Waals surface area (Å²) < 4.78 is 9.87. The van der Waals surface area contributed by atoms with Crippen molar-refractivity contribution in [2.75, 3.05) is 13.2 Å². The molecule has 1 rings (SSSR count). The van der Waals surface area contributed by atoms with E-state index in [0.717, 1.165) is 5.56 Å². The highest BCUT2D eigenvalue weighted by Gasteiger charge is 2.28. The van der Waals surface area contributed by atoms with E-state index in [9.17, 15) is 24.3 Å². The third kappa shape index (κ3) is 10.6. The number of aliphatic hydroxyl groups excluding tert-OH is 1. The molecule has 0 saturated carbocycles. The van der Waals surface area contributed by atoms with E-state index in [1.54, 1.807) is 13.8 Å². The molecule has 2 amide bonds. The van der Waals surface area contributed by atoms with E-state index in [0.29, 0.717) is 0 Å². The number of ether oxygens (including phenoxy) is 2. The first kappa shape index (κ1) is 26.1. The van der Waals surface area contributed by atoms with Crippen LogP contribution < -0.4 is 10.6 Å². The molecule has 0 spiro atoms. The molecule has 0 heterocycles. The molecule has 0 bridgehead atoms. The molecule has 1 aromatic rings. The topological polar surface area (TPSA) is 131 Å². The molecule has 172 valence electrons. The first-order chi connectivity index (χ1) is 14.8. The van der Waals surface area contributed by atoms with Gasteiger partial charge in [-0.15, -0.1) is 0 Å². The zero-order valence-electron chi connectivity index (χ0n) is 18.3. The van der Waals surface area contributed by atoms with Crippen molar-refractivity contribution in [1.82, 2.24) is 10.6 Å². The van der Waals surface area contributed by atoms with Crippen LogP contribution in [0.5, 0.6) is 0 Å². The molecule has 1 unspecified atom stereocenters. The standard InChI is InChI=1S/C22H32N2O7/c1-4-30-20(27)12-11-17(22(29)31-5-2)24-21(28)18(23-19(26)13-15(3)25)14-16-9-7-6-8-10-16/h6-10,15,17-18,25H,4-5,11-14H2,1-3H3,(H,23,26)(H,24,28)/t15?,17-,18-/m0/s1. The Hall–Kier alpha value is -2.94. The number of esters is 2. The predicted octanol–water partition coefficient (Wildman–Crippen LogP) is 0.876. The minimum absolute atomic E-state index is 0.00306. The number of carbonyl (C=O) groups excluding carboxylic acids is 4. The van der Waals surface area contributed by atoms with Crippen LogP contribution in [0.1, 0.15) is 45.6 Å². The van der Waals surface area contributed by atoms with Crippen molar-refractivity contribution in [3.05, 3.63) is 35.9 Å². The van der Waals surface area contributed by atoms with Gasteiger partial charge in [-0.1, -0.05) is 30.3 Å². The van der Waals surface area contributed by atoms with E-state index in [2.05, 4.69) is 10.6 Å². The first-order valence-corrected chi connectivity index (χ1v) is 10.4. The van der Waals surface area contributed by atoms with Gasteiger partial charge in [-0.2, -0.15) is 0 Å². The Morgan fingerprint density at radius 2 is 1.61 bits per heavy atom. The van der Waals surface area contributed by atoms with Gasteiger partial charge in [0.05, 0.1) is 25.7 Å². The highest BCUT2D eigenvalue weighted by Crippen LogP contribution is 2.07. The SMILES string of the molecule is CCOC(=O)CC[C@H](NC(=O)[C@H](Cc1ccccc1)NC(=O)CC(C)O)C(=O)OCC. The summed E-state index contributed by atoms with van der Waals surface area (Å²) in [6.07, 6.45) is -0.912. The molecule has 9 heteroatoms.